The zero-order valence-electron chi connectivity index (χ0n) is 11.0. The van der Waals surface area contributed by atoms with Gasteiger partial charge in [0.05, 0.1) is 12.9 Å². The van der Waals surface area contributed by atoms with Crippen molar-refractivity contribution in [2.24, 2.45) is 5.73 Å². The summed E-state index contributed by atoms with van der Waals surface area (Å²) in [5, 5.41) is 0. The maximum atomic E-state index is 11.7. The third kappa shape index (κ3) is 6.17. The Morgan fingerprint density at radius 3 is 2.37 bits per heavy atom. The third-order valence-corrected chi connectivity index (χ3v) is 5.19. The van der Waals surface area contributed by atoms with E-state index in [2.05, 4.69) is 0 Å². The van der Waals surface area contributed by atoms with Crippen LogP contribution in [0.4, 0.5) is 0 Å². The molecule has 5 nitrogen and oxygen atoms in total. The molecular weight excluding hydrogens is 286 g/mol. The molecule has 0 aliphatic heterocycles. The van der Waals surface area contributed by atoms with Crippen molar-refractivity contribution in [2.75, 3.05) is 30.6 Å². The molecule has 0 radical (unpaired) electrons. The van der Waals surface area contributed by atoms with Crippen LogP contribution >= 0.6 is 0 Å². The van der Waals surface area contributed by atoms with Crippen molar-refractivity contribution < 1.29 is 17.4 Å². The van der Waals surface area contributed by atoms with Crippen LogP contribution in [-0.4, -0.2) is 43.3 Å². The number of sulfone groups is 1. The first-order valence-electron chi connectivity index (χ1n) is 5.74. The van der Waals surface area contributed by atoms with Gasteiger partial charge in [-0.05, 0) is 17.7 Å². The predicted molar refractivity (Wildman–Crippen MR) is 77.5 cm³/mol. The van der Waals surface area contributed by atoms with Gasteiger partial charge in [0.25, 0.3) is 0 Å². The van der Waals surface area contributed by atoms with Crippen LogP contribution in [0.25, 0.3) is 0 Å². The smallest absolute Gasteiger partial charge is 0.148 e. The van der Waals surface area contributed by atoms with E-state index in [0.717, 1.165) is 17.6 Å². The molecule has 0 fully saturated rings. The molecule has 0 bridgehead atoms. The highest BCUT2D eigenvalue weighted by Gasteiger charge is 2.12. The summed E-state index contributed by atoms with van der Waals surface area (Å²) in [6.07, 6.45) is 1.13. The Morgan fingerprint density at radius 1 is 1.32 bits per heavy atom. The molecule has 0 aliphatic rings. The van der Waals surface area contributed by atoms with E-state index in [9.17, 15) is 12.6 Å². The van der Waals surface area contributed by atoms with Crippen molar-refractivity contribution in [2.45, 2.75) is 6.04 Å². The van der Waals surface area contributed by atoms with Crippen molar-refractivity contribution in [1.82, 2.24) is 0 Å². The average Bonchev–Trinajstić information content (AvgIpc) is 2.35. The molecule has 0 aliphatic carbocycles. The molecule has 19 heavy (non-hydrogen) atoms. The lowest BCUT2D eigenvalue weighted by molar-refractivity contribution is 0.414. The van der Waals surface area contributed by atoms with Gasteiger partial charge in [-0.3, -0.25) is 4.21 Å². The standard InChI is InChI=1S/C12H19NO4S2/c1-17-11-5-3-10(4-6-11)12(13)9-18(14)7-8-19(2,15)16/h3-6,12H,7-9,13H2,1-2H3. The zero-order chi connectivity index (χ0) is 14.5. The SMILES string of the molecule is COc1ccc(C(N)CS(=O)CCS(C)(=O)=O)cc1. The fraction of sp³-hybridized carbons (Fsp3) is 0.500. The molecule has 0 saturated heterocycles. The van der Waals surface area contributed by atoms with Gasteiger partial charge in [0.2, 0.25) is 0 Å². The minimum atomic E-state index is -3.08. The Balaban J connectivity index is 2.53. The molecule has 2 N–H and O–H groups in total. The highest BCUT2D eigenvalue weighted by molar-refractivity contribution is 7.92. The highest BCUT2D eigenvalue weighted by atomic mass is 32.2. The van der Waals surface area contributed by atoms with Gasteiger partial charge in [0, 0.05) is 34.6 Å². The molecule has 1 rings (SSSR count). The van der Waals surface area contributed by atoms with E-state index in [-0.39, 0.29) is 23.3 Å². The first-order chi connectivity index (χ1) is 8.81. The van der Waals surface area contributed by atoms with Gasteiger partial charge in [-0.1, -0.05) is 12.1 Å². The summed E-state index contributed by atoms with van der Waals surface area (Å²) in [6, 6.07) is 6.84. The second-order valence-electron chi connectivity index (χ2n) is 4.32. The summed E-state index contributed by atoms with van der Waals surface area (Å²) >= 11 is 0. The molecule has 0 amide bonds. The lowest BCUT2D eigenvalue weighted by Gasteiger charge is -2.12. The Kier molecular flexibility index (Phi) is 5.96. The van der Waals surface area contributed by atoms with Crippen LogP contribution in [0.3, 0.4) is 0 Å². The van der Waals surface area contributed by atoms with Crippen LogP contribution < -0.4 is 10.5 Å². The zero-order valence-corrected chi connectivity index (χ0v) is 12.7. The van der Waals surface area contributed by atoms with Crippen LogP contribution in [0.5, 0.6) is 5.75 Å². The fourth-order valence-corrected chi connectivity index (χ4v) is 4.19. The van der Waals surface area contributed by atoms with E-state index < -0.39 is 20.6 Å². The van der Waals surface area contributed by atoms with E-state index in [1.165, 1.54) is 0 Å². The normalized spacial score (nSPS) is 14.9. The van der Waals surface area contributed by atoms with E-state index >= 15 is 0 Å². The summed E-state index contributed by atoms with van der Waals surface area (Å²) in [5.74, 6) is 1.04. The molecule has 2 atom stereocenters. The van der Waals surface area contributed by atoms with Crippen LogP contribution in [-0.2, 0) is 20.6 Å². The molecule has 0 heterocycles. The Labute approximate surface area is 116 Å². The molecule has 1 aromatic rings. The van der Waals surface area contributed by atoms with Crippen LogP contribution in [0, 0.1) is 0 Å². The second kappa shape index (κ2) is 7.02. The van der Waals surface area contributed by atoms with Gasteiger partial charge in [0.1, 0.15) is 15.6 Å². The van der Waals surface area contributed by atoms with Gasteiger partial charge in [0.15, 0.2) is 0 Å². The van der Waals surface area contributed by atoms with E-state index in [4.69, 9.17) is 10.5 Å². The first-order valence-corrected chi connectivity index (χ1v) is 9.29. The molecule has 108 valence electrons. The molecule has 7 heteroatoms. The number of benzene rings is 1. The van der Waals surface area contributed by atoms with Crippen molar-refractivity contribution in [3.63, 3.8) is 0 Å². The number of hydrogen-bond acceptors (Lipinski definition) is 5. The predicted octanol–water partition coefficient (Wildman–Crippen LogP) is 0.488. The molecule has 0 aromatic heterocycles. The van der Waals surface area contributed by atoms with Gasteiger partial charge in [-0.15, -0.1) is 0 Å². The molecular formula is C12H19NO4S2. The average molecular weight is 305 g/mol. The van der Waals surface area contributed by atoms with Crippen LogP contribution in [0.1, 0.15) is 11.6 Å². The van der Waals surface area contributed by atoms with Gasteiger partial charge < -0.3 is 10.5 Å². The summed E-state index contributed by atoms with van der Waals surface area (Å²) in [4.78, 5) is 0. The number of rotatable bonds is 7. The van der Waals surface area contributed by atoms with Gasteiger partial charge in [-0.25, -0.2) is 8.42 Å². The molecule has 0 saturated carbocycles. The molecule has 1 aromatic carbocycles. The van der Waals surface area contributed by atoms with Crippen molar-refractivity contribution in [3.05, 3.63) is 29.8 Å². The summed E-state index contributed by atoms with van der Waals surface area (Å²) < 4.78 is 38.7. The highest BCUT2D eigenvalue weighted by Crippen LogP contribution is 2.16. The quantitative estimate of drug-likeness (QED) is 0.792. The fourth-order valence-electron chi connectivity index (χ4n) is 1.48. The topological polar surface area (TPSA) is 86.5 Å². The van der Waals surface area contributed by atoms with E-state index in [0.29, 0.717) is 0 Å². The Hall–Kier alpha value is -0.920. The maximum Gasteiger partial charge on any atom is 0.148 e. The Morgan fingerprint density at radius 2 is 1.89 bits per heavy atom. The lowest BCUT2D eigenvalue weighted by atomic mass is 10.1. The number of nitrogens with two attached hydrogens (primary N) is 1. The maximum absolute atomic E-state index is 11.7. The van der Waals surface area contributed by atoms with Crippen molar-refractivity contribution >= 4 is 20.6 Å². The first kappa shape index (κ1) is 16.1. The van der Waals surface area contributed by atoms with Gasteiger partial charge >= 0.3 is 0 Å². The van der Waals surface area contributed by atoms with E-state index in [1.54, 1.807) is 19.2 Å². The second-order valence-corrected chi connectivity index (χ2v) is 8.20. The monoisotopic (exact) mass is 305 g/mol. The van der Waals surface area contributed by atoms with Crippen molar-refractivity contribution in [1.29, 1.82) is 0 Å². The van der Waals surface area contributed by atoms with E-state index in [1.807, 2.05) is 12.1 Å². The number of methoxy groups -OCH3 is 1. The third-order valence-electron chi connectivity index (χ3n) is 2.59. The molecule has 0 spiro atoms. The summed E-state index contributed by atoms with van der Waals surface area (Å²) in [5.41, 5.74) is 6.80. The Bertz CT molecular complexity index is 525. The summed E-state index contributed by atoms with van der Waals surface area (Å²) in [7, 11) is -2.74. The minimum Gasteiger partial charge on any atom is -0.497 e. The number of hydrogen-bond donors (Lipinski definition) is 1. The van der Waals surface area contributed by atoms with Crippen LogP contribution in [0.2, 0.25) is 0 Å². The largest absolute Gasteiger partial charge is 0.497 e. The van der Waals surface area contributed by atoms with Gasteiger partial charge in [-0.2, -0.15) is 0 Å². The van der Waals surface area contributed by atoms with Crippen LogP contribution in [0.15, 0.2) is 24.3 Å². The van der Waals surface area contributed by atoms with Crippen molar-refractivity contribution in [3.8, 4) is 5.75 Å². The summed E-state index contributed by atoms with van der Waals surface area (Å²) in [6.45, 7) is 0. The number of ether oxygens (including phenoxy) is 1. The minimum absolute atomic E-state index is 0.0745. The lowest BCUT2D eigenvalue weighted by Crippen LogP contribution is -2.22. The molecule has 2 unspecified atom stereocenters.